The highest BCUT2D eigenvalue weighted by Gasteiger charge is 2.32. The van der Waals surface area contributed by atoms with E-state index < -0.39 is 16.1 Å². The van der Waals surface area contributed by atoms with E-state index in [-0.39, 0.29) is 6.54 Å². The number of fused-ring (bicyclic) bond motifs is 1. The van der Waals surface area contributed by atoms with Gasteiger partial charge in [0.15, 0.2) is 0 Å². The summed E-state index contributed by atoms with van der Waals surface area (Å²) in [4.78, 5) is 0.308. The number of ether oxygens (including phenoxy) is 2. The molecule has 0 fully saturated rings. The van der Waals surface area contributed by atoms with Crippen LogP contribution in [0.1, 0.15) is 22.8 Å². The van der Waals surface area contributed by atoms with Gasteiger partial charge in [0.1, 0.15) is 17.6 Å². The highest BCUT2D eigenvalue weighted by atomic mass is 32.2. The van der Waals surface area contributed by atoms with Crippen molar-refractivity contribution in [2.24, 2.45) is 0 Å². The fourth-order valence-electron chi connectivity index (χ4n) is 3.69. The van der Waals surface area contributed by atoms with Gasteiger partial charge < -0.3 is 9.47 Å². The maximum Gasteiger partial charge on any atom is 0.243 e. The highest BCUT2D eigenvalue weighted by Crippen LogP contribution is 2.31. The molecule has 1 atom stereocenters. The molecule has 0 aromatic heterocycles. The first kappa shape index (κ1) is 20.4. The first-order valence-corrected chi connectivity index (χ1v) is 11.4. The Bertz CT molecular complexity index is 1110. The molecule has 1 aliphatic heterocycles. The van der Waals surface area contributed by atoms with Crippen molar-refractivity contribution in [3.8, 4) is 11.5 Å². The normalized spacial score (nSPS) is 17.1. The molecule has 4 rings (SSSR count). The molecule has 1 heterocycles. The average Bonchev–Trinajstić information content (AvgIpc) is 2.95. The van der Waals surface area contributed by atoms with Crippen LogP contribution in [0, 0.1) is 6.92 Å². The summed E-state index contributed by atoms with van der Waals surface area (Å²) < 4.78 is 39.7. The molecule has 6 heteroatoms. The summed E-state index contributed by atoms with van der Waals surface area (Å²) >= 11 is 0. The second-order valence-corrected chi connectivity index (χ2v) is 9.34. The highest BCUT2D eigenvalue weighted by molar-refractivity contribution is 7.89. The summed E-state index contributed by atoms with van der Waals surface area (Å²) in [5.74, 6) is 1.41. The number of hydrogen-bond donors (Lipinski definition) is 0. The van der Waals surface area contributed by atoms with Gasteiger partial charge in [-0.25, -0.2) is 8.42 Å². The van der Waals surface area contributed by atoms with E-state index in [0.717, 1.165) is 22.4 Å². The lowest BCUT2D eigenvalue weighted by molar-refractivity contribution is 0.178. The van der Waals surface area contributed by atoms with E-state index in [1.165, 1.54) is 4.31 Å². The average molecular weight is 424 g/mol. The fourth-order valence-corrected chi connectivity index (χ4v) is 5.13. The minimum atomic E-state index is -3.62. The van der Waals surface area contributed by atoms with Crippen LogP contribution in [-0.4, -0.2) is 32.9 Å². The minimum Gasteiger partial charge on any atom is -0.497 e. The molecule has 30 heavy (non-hydrogen) atoms. The summed E-state index contributed by atoms with van der Waals surface area (Å²) in [5, 5.41) is 0. The van der Waals surface area contributed by atoms with Gasteiger partial charge in [-0.3, -0.25) is 0 Å². The van der Waals surface area contributed by atoms with Crippen molar-refractivity contribution in [3.63, 3.8) is 0 Å². The van der Waals surface area contributed by atoms with Crippen molar-refractivity contribution in [2.75, 3.05) is 20.2 Å². The number of methoxy groups -OCH3 is 1. The van der Waals surface area contributed by atoms with Gasteiger partial charge >= 0.3 is 0 Å². The van der Waals surface area contributed by atoms with E-state index >= 15 is 0 Å². The molecule has 156 valence electrons. The van der Waals surface area contributed by atoms with Gasteiger partial charge in [-0.2, -0.15) is 4.31 Å². The van der Waals surface area contributed by atoms with Crippen LogP contribution in [0.3, 0.4) is 0 Å². The van der Waals surface area contributed by atoms with Crippen molar-refractivity contribution in [2.45, 2.75) is 24.3 Å². The van der Waals surface area contributed by atoms with Crippen molar-refractivity contribution >= 4 is 10.0 Å². The van der Waals surface area contributed by atoms with Crippen molar-refractivity contribution in [1.82, 2.24) is 4.31 Å². The van der Waals surface area contributed by atoms with E-state index in [0.29, 0.717) is 23.6 Å². The molecule has 5 nitrogen and oxygen atoms in total. The molecular weight excluding hydrogens is 398 g/mol. The van der Waals surface area contributed by atoms with Crippen LogP contribution in [0.25, 0.3) is 0 Å². The summed E-state index contributed by atoms with van der Waals surface area (Å²) in [6.45, 7) is 2.60. The van der Waals surface area contributed by atoms with Gasteiger partial charge in [-0.1, -0.05) is 42.0 Å². The van der Waals surface area contributed by atoms with E-state index in [1.54, 1.807) is 19.2 Å². The monoisotopic (exact) mass is 423 g/mol. The third-order valence-electron chi connectivity index (χ3n) is 5.40. The van der Waals surface area contributed by atoms with Crippen LogP contribution in [0.2, 0.25) is 0 Å². The van der Waals surface area contributed by atoms with Gasteiger partial charge in [0.2, 0.25) is 10.0 Å². The number of hydrogen-bond acceptors (Lipinski definition) is 4. The van der Waals surface area contributed by atoms with Gasteiger partial charge in [0.05, 0.1) is 18.6 Å². The Labute approximate surface area is 177 Å². The largest absolute Gasteiger partial charge is 0.497 e. The van der Waals surface area contributed by atoms with Crippen LogP contribution in [-0.2, 0) is 16.4 Å². The minimum absolute atomic E-state index is 0.249. The first-order chi connectivity index (χ1) is 14.5. The van der Waals surface area contributed by atoms with Gasteiger partial charge in [-0.05, 0) is 60.9 Å². The maximum absolute atomic E-state index is 13.3. The number of sulfonamides is 1. The summed E-state index contributed by atoms with van der Waals surface area (Å²) in [6.07, 6.45) is 0.237. The van der Waals surface area contributed by atoms with Crippen LogP contribution < -0.4 is 9.47 Å². The predicted molar refractivity (Wildman–Crippen MR) is 116 cm³/mol. The smallest absolute Gasteiger partial charge is 0.243 e. The molecule has 0 bridgehead atoms. The lowest BCUT2D eigenvalue weighted by atomic mass is 10.0. The molecule has 1 unspecified atom stereocenters. The SMILES string of the molecule is COc1ccc(OC2CN(S(=O)(=O)c3ccc(C)cc3)CCc3ccccc32)cc1. The van der Waals surface area contributed by atoms with Gasteiger partial charge in [-0.15, -0.1) is 0 Å². The third-order valence-corrected chi connectivity index (χ3v) is 7.28. The van der Waals surface area contributed by atoms with Crippen LogP contribution >= 0.6 is 0 Å². The molecule has 0 spiro atoms. The quantitative estimate of drug-likeness (QED) is 0.611. The Morgan fingerprint density at radius 1 is 0.900 bits per heavy atom. The standard InChI is InChI=1S/C24H25NO4S/c1-18-7-13-22(14-8-18)30(26,27)25-16-15-19-5-3-4-6-23(19)24(17-25)29-21-11-9-20(28-2)10-12-21/h3-14,24H,15-17H2,1-2H3. The van der Waals surface area contributed by atoms with Gasteiger partial charge in [0, 0.05) is 6.54 Å². The van der Waals surface area contributed by atoms with E-state index in [4.69, 9.17) is 9.47 Å². The first-order valence-electron chi connectivity index (χ1n) is 9.93. The van der Waals surface area contributed by atoms with Crippen LogP contribution in [0.5, 0.6) is 11.5 Å². The van der Waals surface area contributed by atoms with Crippen molar-refractivity contribution < 1.29 is 17.9 Å². The Kier molecular flexibility index (Phi) is 5.79. The second-order valence-electron chi connectivity index (χ2n) is 7.41. The van der Waals surface area contributed by atoms with Gasteiger partial charge in [0.25, 0.3) is 0 Å². The topological polar surface area (TPSA) is 55.8 Å². The second kappa shape index (κ2) is 8.50. The molecule has 0 saturated carbocycles. The lowest BCUT2D eigenvalue weighted by Gasteiger charge is -2.25. The van der Waals surface area contributed by atoms with Crippen LogP contribution in [0.4, 0.5) is 0 Å². The molecule has 3 aromatic carbocycles. The molecule has 0 radical (unpaired) electrons. The fraction of sp³-hybridized carbons (Fsp3) is 0.250. The van der Waals surface area contributed by atoms with Crippen molar-refractivity contribution in [3.05, 3.63) is 89.5 Å². The molecule has 3 aromatic rings. The van der Waals surface area contributed by atoms with E-state index in [9.17, 15) is 8.42 Å². The molecule has 0 aliphatic carbocycles. The number of aryl methyl sites for hydroxylation is 1. The predicted octanol–water partition coefficient (Wildman–Crippen LogP) is 4.37. The van der Waals surface area contributed by atoms with E-state index in [2.05, 4.69) is 0 Å². The summed E-state index contributed by atoms with van der Waals surface area (Å²) in [7, 11) is -2.01. The Hall–Kier alpha value is -2.83. The Balaban J connectivity index is 1.66. The van der Waals surface area contributed by atoms with Crippen LogP contribution in [0.15, 0.2) is 77.7 Å². The zero-order valence-corrected chi connectivity index (χ0v) is 17.9. The molecule has 0 amide bonds. The molecule has 1 aliphatic rings. The molecule has 0 saturated heterocycles. The summed E-state index contributed by atoms with van der Waals surface area (Å²) in [5.41, 5.74) is 3.16. The van der Waals surface area contributed by atoms with Crippen molar-refractivity contribution in [1.29, 1.82) is 0 Å². The Morgan fingerprint density at radius 3 is 2.27 bits per heavy atom. The zero-order valence-electron chi connectivity index (χ0n) is 17.1. The third kappa shape index (κ3) is 4.20. The maximum atomic E-state index is 13.3. The number of benzene rings is 3. The Morgan fingerprint density at radius 2 is 1.57 bits per heavy atom. The number of nitrogens with zero attached hydrogens (tertiary/aromatic N) is 1. The summed E-state index contributed by atoms with van der Waals surface area (Å²) in [6, 6.07) is 22.3. The van der Waals surface area contributed by atoms with E-state index in [1.807, 2.05) is 67.6 Å². The molecule has 0 N–H and O–H groups in total. The zero-order chi connectivity index (χ0) is 21.1. The lowest BCUT2D eigenvalue weighted by Crippen LogP contribution is -2.36. The number of rotatable bonds is 5. The molecular formula is C24H25NO4S.